The van der Waals surface area contributed by atoms with Crippen LogP contribution in [-0.4, -0.2) is 67.3 Å². The largest absolute Gasteiger partial charge is 0.497 e. The number of rotatable bonds is 35. The van der Waals surface area contributed by atoms with E-state index >= 15 is 0 Å². The van der Waals surface area contributed by atoms with Crippen molar-refractivity contribution in [3.8, 4) is 115 Å². The fourth-order valence-electron chi connectivity index (χ4n) is 16.9. The molecule has 0 radical (unpaired) electrons. The molecule has 1 atom stereocenters. The van der Waals surface area contributed by atoms with Crippen LogP contribution in [0.3, 0.4) is 0 Å². The highest BCUT2D eigenvalue weighted by atomic mass is 35.5. The van der Waals surface area contributed by atoms with Crippen LogP contribution in [0, 0.1) is 5.92 Å². The van der Waals surface area contributed by atoms with Gasteiger partial charge in [0.15, 0.2) is 0 Å². The molecule has 30 heteroatoms. The quantitative estimate of drug-likeness (QED) is 0.0333. The highest BCUT2D eigenvalue weighted by molar-refractivity contribution is 6.31. The molecule has 28 nitrogen and oxygen atoms in total. The van der Waals surface area contributed by atoms with Crippen molar-refractivity contribution in [1.82, 2.24) is 39.9 Å². The highest BCUT2D eigenvalue weighted by Gasteiger charge is 2.24. The van der Waals surface area contributed by atoms with Crippen LogP contribution in [0.5, 0.6) is 23.0 Å². The first kappa shape index (κ1) is 101. The van der Waals surface area contributed by atoms with Gasteiger partial charge in [0.2, 0.25) is 47.1 Å². The molecule has 0 aliphatic heterocycles. The lowest BCUT2D eigenvalue weighted by Gasteiger charge is -2.16. The second kappa shape index (κ2) is 48.1. The van der Waals surface area contributed by atoms with Gasteiger partial charge in [0.25, 0.3) is 0 Å². The first-order valence-corrected chi connectivity index (χ1v) is 49.5. The SMILES string of the molecule is CCCCC(CC)COc1cc(-c2nc3ccccc3c(=O)o2)cc(-c2nc3ccccc3c(=O)o2)c1.CCCCCCCCCCCCCCCCCCOc1cc(-c2nc3ccccc3c(=O)o2)cc(-c2nc3ccccc3c(=O)o2)c1.COc1cc(-c2nc3cc(Cl)ccc3c(=O)o2)cc(-c2nc3cc(Cl)ccc3c(=O)o2)c1.COc1cc(-c2nc3ccccc3c(=O)o2)cc(-c2nc3ccccc3c(=O)o2)c1. The lowest BCUT2D eigenvalue weighted by molar-refractivity contribution is 0.233. The molecule has 0 aliphatic carbocycles. The molecule has 20 rings (SSSR count). The number of aromatic nitrogens is 8. The third kappa shape index (κ3) is 25.0. The van der Waals surface area contributed by atoms with Gasteiger partial charge in [0, 0.05) is 54.6 Å². The van der Waals surface area contributed by atoms with E-state index in [1.54, 1.807) is 231 Å². The molecule has 0 spiro atoms. The summed E-state index contributed by atoms with van der Waals surface area (Å²) in [5, 5.41) is 3.91. The predicted octanol–water partition coefficient (Wildman–Crippen LogP) is 26.7. The number of nitrogens with zero attached hydrogens (tertiary/aromatic N) is 8. The fourth-order valence-corrected chi connectivity index (χ4v) is 17.3. The van der Waals surface area contributed by atoms with E-state index in [1.807, 2.05) is 24.3 Å². The maximum atomic E-state index is 12.7. The Morgan fingerprint density at radius 1 is 0.240 bits per heavy atom. The molecular weight excluding hydrogens is 1900 g/mol. The Bertz CT molecular complexity index is 8220. The smallest absolute Gasteiger partial charge is 0.347 e. The maximum Gasteiger partial charge on any atom is 0.347 e. The van der Waals surface area contributed by atoms with E-state index in [0.717, 1.165) is 38.5 Å². The summed E-state index contributed by atoms with van der Waals surface area (Å²) in [6.45, 7) is 7.70. The number of benzene rings is 12. The first-order chi connectivity index (χ1) is 71.2. The fraction of sp³-hybridized carbons (Fsp3) is 0.241. The summed E-state index contributed by atoms with van der Waals surface area (Å²) < 4.78 is 67.3. The highest BCUT2D eigenvalue weighted by Crippen LogP contribution is 2.38. The van der Waals surface area contributed by atoms with Gasteiger partial charge in [-0.3, -0.25) is 0 Å². The van der Waals surface area contributed by atoms with E-state index in [9.17, 15) is 38.4 Å². The topological polar surface area (TPSA) is 382 Å². The molecule has 1 unspecified atom stereocenters. The van der Waals surface area contributed by atoms with Gasteiger partial charge in [-0.25, -0.2) is 78.2 Å². The summed E-state index contributed by atoms with van der Waals surface area (Å²) in [5.74, 6) is 3.40. The van der Waals surface area contributed by atoms with E-state index in [2.05, 4.69) is 60.6 Å². The molecule has 8 heterocycles. The van der Waals surface area contributed by atoms with Crippen LogP contribution in [-0.2, 0) is 0 Å². The van der Waals surface area contributed by atoms with E-state index in [-0.39, 0.29) is 47.1 Å². The number of fused-ring (bicyclic) bond motifs is 8. The molecule has 0 saturated carbocycles. The molecule has 0 amide bonds. The van der Waals surface area contributed by atoms with Gasteiger partial charge in [0.05, 0.1) is 115 Å². The molecule has 12 aromatic carbocycles. The molecule has 0 N–H and O–H groups in total. The maximum absolute atomic E-state index is 12.7. The Morgan fingerprint density at radius 3 is 0.705 bits per heavy atom. The summed E-state index contributed by atoms with van der Waals surface area (Å²) >= 11 is 12.1. The zero-order chi connectivity index (χ0) is 102. The van der Waals surface area contributed by atoms with E-state index < -0.39 is 45.0 Å². The number of hydrogen-bond acceptors (Lipinski definition) is 28. The van der Waals surface area contributed by atoms with E-state index in [0.29, 0.717) is 184 Å². The van der Waals surface area contributed by atoms with Crippen molar-refractivity contribution < 1.29 is 54.3 Å². The van der Waals surface area contributed by atoms with Crippen molar-refractivity contribution in [2.75, 3.05) is 27.4 Å². The number of halogens is 2. The number of ether oxygens (including phenoxy) is 4. The lowest BCUT2D eigenvalue weighted by Crippen LogP contribution is -2.11. The summed E-state index contributed by atoms with van der Waals surface area (Å²) in [4.78, 5) is 136. The number of hydrogen-bond donors (Lipinski definition) is 0. The predicted molar refractivity (Wildman–Crippen MR) is 567 cm³/mol. The normalized spacial score (nSPS) is 11.5. The molecule has 740 valence electrons. The molecule has 20 aromatic rings. The molecule has 0 bridgehead atoms. The second-order valence-corrected chi connectivity index (χ2v) is 36.0. The summed E-state index contributed by atoms with van der Waals surface area (Å²) in [5.41, 5.74) is 3.89. The molecule has 8 aromatic heterocycles. The number of para-hydroxylation sites is 6. The average molecular weight is 2000 g/mol. The zero-order valence-electron chi connectivity index (χ0n) is 80.9. The summed E-state index contributed by atoms with van der Waals surface area (Å²) in [7, 11) is 2.99. The Kier molecular flexibility index (Phi) is 33.3. The number of methoxy groups -OCH3 is 2. The van der Waals surface area contributed by atoms with Gasteiger partial charge < -0.3 is 54.3 Å². The first-order valence-electron chi connectivity index (χ1n) is 48.8. The Hall–Kier alpha value is -16.5. The van der Waals surface area contributed by atoms with Gasteiger partial charge in [0.1, 0.15) is 23.0 Å². The molecular formula is C116H102Cl2N8O20. The zero-order valence-corrected chi connectivity index (χ0v) is 82.4. The van der Waals surface area contributed by atoms with Crippen LogP contribution in [0.25, 0.3) is 179 Å². The number of unbranched alkanes of at least 4 members (excludes halogenated alkanes) is 16. The molecule has 146 heavy (non-hydrogen) atoms. The second-order valence-electron chi connectivity index (χ2n) is 35.1. The lowest BCUT2D eigenvalue weighted by atomic mass is 10.0. The minimum Gasteiger partial charge on any atom is -0.497 e. The molecule has 0 aliphatic rings. The van der Waals surface area contributed by atoms with E-state index in [1.165, 1.54) is 104 Å². The van der Waals surface area contributed by atoms with Crippen molar-refractivity contribution in [2.45, 2.75) is 149 Å². The van der Waals surface area contributed by atoms with E-state index in [4.69, 9.17) is 77.5 Å². The monoisotopic (exact) mass is 2000 g/mol. The van der Waals surface area contributed by atoms with Crippen molar-refractivity contribution in [1.29, 1.82) is 0 Å². The van der Waals surface area contributed by atoms with Crippen LogP contribution in [0.15, 0.2) is 328 Å². The van der Waals surface area contributed by atoms with Gasteiger partial charge in [-0.15, -0.1) is 0 Å². The average Bonchev–Trinajstić information content (AvgIpc) is 0.794. The third-order valence-corrected chi connectivity index (χ3v) is 25.2. The Labute approximate surface area is 844 Å². The van der Waals surface area contributed by atoms with Gasteiger partial charge in [-0.2, -0.15) is 0 Å². The minimum absolute atomic E-state index is 0.0519. The summed E-state index contributed by atoms with van der Waals surface area (Å²) in [6, 6.07) is 72.1. The van der Waals surface area contributed by atoms with Crippen molar-refractivity contribution in [2.24, 2.45) is 5.92 Å². The van der Waals surface area contributed by atoms with Gasteiger partial charge in [-0.1, -0.05) is 232 Å². The molecule has 0 fully saturated rings. The Balaban J connectivity index is 0.000000135. The van der Waals surface area contributed by atoms with Crippen LogP contribution < -0.4 is 64.0 Å². The van der Waals surface area contributed by atoms with Gasteiger partial charge in [-0.05, 0) is 201 Å². The summed E-state index contributed by atoms with van der Waals surface area (Å²) in [6.07, 6.45) is 25.4. The minimum atomic E-state index is -0.559. The standard InChI is InChI=1S/C40H48N2O5.C30H28N2O5.C23H12Cl2N2O5.C23H14N2O5/c1-2-3-4-5-6-7-8-9-10-11-12-13-14-15-16-21-26-45-32-28-30(37-41-35-24-19-17-22-33(35)39(43)46-37)27-31(29-32)38-42-36-25-20-18-23-34(36)40(44)47-38;1-3-5-10-19(4-2)18-35-22-16-20(27-31-25-13-8-6-11-23(25)29(33)36-27)15-21(17-22)28-32-26-14-9-7-12-24(26)30(34)37-28;1-30-15-7-11(20-26-18-9-13(24)2-4-16(18)22(28)31-20)6-12(8-15)21-27-19-10-14(25)3-5-17(19)23(29)32-21;1-28-15-11-13(20-24-18-8-4-2-6-16(18)22(26)29-20)10-14(12-15)21-25-19-9-5-3-7-17(19)23(27)30-21/h17-20,22-25,27-29H,2-16,21,26H2,1H3;6-9,11-17,19H,3-5,10,18H2,1-2H3;2-10H,1H3;2-12H,1H3. The Morgan fingerprint density at radius 2 is 0.459 bits per heavy atom. The third-order valence-electron chi connectivity index (χ3n) is 24.8. The van der Waals surface area contributed by atoms with Crippen LogP contribution in [0.2, 0.25) is 10.0 Å². The van der Waals surface area contributed by atoms with Crippen molar-refractivity contribution >= 4 is 110 Å². The molecule has 0 saturated heterocycles. The van der Waals surface area contributed by atoms with Crippen LogP contribution >= 0.6 is 23.2 Å². The van der Waals surface area contributed by atoms with Crippen molar-refractivity contribution in [3.05, 3.63) is 348 Å². The van der Waals surface area contributed by atoms with Crippen molar-refractivity contribution in [3.63, 3.8) is 0 Å². The van der Waals surface area contributed by atoms with Crippen LogP contribution in [0.1, 0.15) is 149 Å². The van der Waals surface area contributed by atoms with Gasteiger partial charge >= 0.3 is 45.0 Å². The van der Waals surface area contributed by atoms with Crippen LogP contribution in [0.4, 0.5) is 0 Å².